The van der Waals surface area contributed by atoms with Crippen LogP contribution in [0.1, 0.15) is 28.4 Å². The van der Waals surface area contributed by atoms with Crippen LogP contribution in [0.4, 0.5) is 0 Å². The van der Waals surface area contributed by atoms with Gasteiger partial charge in [0.25, 0.3) is 11.8 Å². The highest BCUT2D eigenvalue weighted by Gasteiger charge is 2.18. The summed E-state index contributed by atoms with van der Waals surface area (Å²) in [4.78, 5) is 35.2. The lowest BCUT2D eigenvalue weighted by Crippen LogP contribution is -2.36. The van der Waals surface area contributed by atoms with Crippen molar-refractivity contribution in [3.63, 3.8) is 0 Å². The standard InChI is InChI=1S/C20H22N2O5/c1-13-7-9-15(10-8-13)11-22-20(25)14(2)27-18(23)12-26-17-6-4-3-5-16(17)19(21)24/h3-10,14H,11-12H2,1-2H3,(H2,21,24)(H,22,25)/t14-/m0/s1. The second kappa shape index (κ2) is 9.38. The lowest BCUT2D eigenvalue weighted by atomic mass is 10.1. The van der Waals surface area contributed by atoms with Gasteiger partial charge in [-0.2, -0.15) is 0 Å². The zero-order chi connectivity index (χ0) is 19.8. The Hall–Kier alpha value is -3.35. The summed E-state index contributed by atoms with van der Waals surface area (Å²) in [5, 5.41) is 2.70. The first-order valence-electron chi connectivity index (χ1n) is 8.41. The third-order valence-corrected chi connectivity index (χ3v) is 3.76. The van der Waals surface area contributed by atoms with Crippen molar-refractivity contribution in [2.24, 2.45) is 5.73 Å². The summed E-state index contributed by atoms with van der Waals surface area (Å²) in [6, 6.07) is 14.0. The second-order valence-corrected chi connectivity index (χ2v) is 5.98. The molecule has 3 N–H and O–H groups in total. The number of aryl methyl sites for hydroxylation is 1. The average Bonchev–Trinajstić information content (AvgIpc) is 2.65. The van der Waals surface area contributed by atoms with Crippen LogP contribution in [0.3, 0.4) is 0 Å². The largest absolute Gasteiger partial charge is 0.481 e. The molecule has 142 valence electrons. The molecule has 7 nitrogen and oxygen atoms in total. The number of para-hydroxylation sites is 1. The minimum atomic E-state index is -0.974. The van der Waals surface area contributed by atoms with Gasteiger partial charge < -0.3 is 20.5 Å². The normalized spacial score (nSPS) is 11.3. The number of amides is 2. The van der Waals surface area contributed by atoms with Crippen LogP contribution in [-0.4, -0.2) is 30.5 Å². The number of ether oxygens (including phenoxy) is 2. The molecule has 0 fully saturated rings. The minimum Gasteiger partial charge on any atom is -0.481 e. The van der Waals surface area contributed by atoms with Crippen LogP contribution in [0.2, 0.25) is 0 Å². The van der Waals surface area contributed by atoms with E-state index in [1.165, 1.54) is 19.1 Å². The molecule has 0 spiro atoms. The molecule has 2 amide bonds. The number of primary amides is 1. The summed E-state index contributed by atoms with van der Waals surface area (Å²) in [5.74, 6) is -1.63. The smallest absolute Gasteiger partial charge is 0.344 e. The molecule has 2 aromatic carbocycles. The molecule has 0 bridgehead atoms. The first-order valence-corrected chi connectivity index (χ1v) is 8.41. The zero-order valence-electron chi connectivity index (χ0n) is 15.2. The number of carbonyl (C=O) groups is 3. The predicted molar refractivity (Wildman–Crippen MR) is 99.0 cm³/mol. The highest BCUT2D eigenvalue weighted by molar-refractivity contribution is 5.95. The number of hydrogen-bond acceptors (Lipinski definition) is 5. The molecule has 0 unspecified atom stereocenters. The lowest BCUT2D eigenvalue weighted by Gasteiger charge is -2.14. The molecule has 0 saturated heterocycles. The van der Waals surface area contributed by atoms with Gasteiger partial charge in [-0.05, 0) is 31.5 Å². The Bertz CT molecular complexity index is 817. The van der Waals surface area contributed by atoms with Gasteiger partial charge in [-0.25, -0.2) is 4.79 Å². The van der Waals surface area contributed by atoms with E-state index in [2.05, 4.69) is 5.32 Å². The molecule has 2 aromatic rings. The molecule has 27 heavy (non-hydrogen) atoms. The Morgan fingerprint density at radius 3 is 2.41 bits per heavy atom. The first-order chi connectivity index (χ1) is 12.9. The van der Waals surface area contributed by atoms with Crippen LogP contribution in [0.15, 0.2) is 48.5 Å². The Balaban J connectivity index is 1.80. The zero-order valence-corrected chi connectivity index (χ0v) is 15.2. The number of nitrogens with one attached hydrogen (secondary N) is 1. The van der Waals surface area contributed by atoms with E-state index in [0.717, 1.165) is 11.1 Å². The highest BCUT2D eigenvalue weighted by Crippen LogP contribution is 2.17. The summed E-state index contributed by atoms with van der Waals surface area (Å²) >= 11 is 0. The van der Waals surface area contributed by atoms with Gasteiger partial charge in [0.2, 0.25) is 0 Å². The van der Waals surface area contributed by atoms with Crippen LogP contribution >= 0.6 is 0 Å². The van der Waals surface area contributed by atoms with Crippen molar-refractivity contribution in [3.05, 3.63) is 65.2 Å². The number of esters is 1. The summed E-state index contributed by atoms with van der Waals surface area (Å²) in [5.41, 5.74) is 7.48. The van der Waals surface area contributed by atoms with Gasteiger partial charge in [-0.1, -0.05) is 42.0 Å². The van der Waals surface area contributed by atoms with Crippen molar-refractivity contribution >= 4 is 17.8 Å². The van der Waals surface area contributed by atoms with Gasteiger partial charge in [-0.15, -0.1) is 0 Å². The fourth-order valence-corrected chi connectivity index (χ4v) is 2.26. The van der Waals surface area contributed by atoms with Crippen molar-refractivity contribution in [1.82, 2.24) is 5.32 Å². The SMILES string of the molecule is Cc1ccc(CNC(=O)[C@H](C)OC(=O)COc2ccccc2C(N)=O)cc1. The van der Waals surface area contributed by atoms with E-state index in [1.807, 2.05) is 31.2 Å². The van der Waals surface area contributed by atoms with E-state index < -0.39 is 30.5 Å². The van der Waals surface area contributed by atoms with Crippen LogP contribution in [0.25, 0.3) is 0 Å². The maximum Gasteiger partial charge on any atom is 0.344 e. The van der Waals surface area contributed by atoms with Crippen molar-refractivity contribution in [2.75, 3.05) is 6.61 Å². The van der Waals surface area contributed by atoms with E-state index in [-0.39, 0.29) is 11.3 Å². The topological polar surface area (TPSA) is 108 Å². The monoisotopic (exact) mass is 370 g/mol. The molecular formula is C20H22N2O5. The second-order valence-electron chi connectivity index (χ2n) is 5.98. The van der Waals surface area contributed by atoms with Crippen molar-refractivity contribution in [2.45, 2.75) is 26.5 Å². The molecule has 7 heteroatoms. The lowest BCUT2D eigenvalue weighted by molar-refractivity contribution is -0.156. The van der Waals surface area contributed by atoms with E-state index >= 15 is 0 Å². The van der Waals surface area contributed by atoms with Crippen molar-refractivity contribution in [1.29, 1.82) is 0 Å². The molecule has 0 aliphatic rings. The number of nitrogens with two attached hydrogens (primary N) is 1. The average molecular weight is 370 g/mol. The maximum atomic E-state index is 12.0. The Kier molecular flexibility index (Phi) is 6.93. The molecule has 0 radical (unpaired) electrons. The third-order valence-electron chi connectivity index (χ3n) is 3.76. The highest BCUT2D eigenvalue weighted by atomic mass is 16.6. The van der Waals surface area contributed by atoms with E-state index in [9.17, 15) is 14.4 Å². The minimum absolute atomic E-state index is 0.161. The van der Waals surface area contributed by atoms with Gasteiger partial charge >= 0.3 is 5.97 Å². The summed E-state index contributed by atoms with van der Waals surface area (Å²) in [6.07, 6.45) is -0.974. The Morgan fingerprint density at radius 1 is 1.07 bits per heavy atom. The number of carbonyl (C=O) groups excluding carboxylic acids is 3. The Labute approximate surface area is 157 Å². The van der Waals surface area contributed by atoms with Gasteiger partial charge in [0, 0.05) is 6.54 Å². The number of rotatable bonds is 8. The van der Waals surface area contributed by atoms with Crippen molar-refractivity contribution < 1.29 is 23.9 Å². The first kappa shape index (κ1) is 20.0. The molecule has 1 atom stereocenters. The van der Waals surface area contributed by atoms with E-state index in [4.69, 9.17) is 15.2 Å². The summed E-state index contributed by atoms with van der Waals surface area (Å²) < 4.78 is 10.3. The van der Waals surface area contributed by atoms with Gasteiger partial charge in [0.1, 0.15) is 5.75 Å². The fraction of sp³-hybridized carbons (Fsp3) is 0.250. The summed E-state index contributed by atoms with van der Waals surface area (Å²) in [7, 11) is 0. The van der Waals surface area contributed by atoms with E-state index in [1.54, 1.807) is 12.1 Å². The van der Waals surface area contributed by atoms with Crippen LogP contribution in [0.5, 0.6) is 5.75 Å². The van der Waals surface area contributed by atoms with E-state index in [0.29, 0.717) is 6.54 Å². The maximum absolute atomic E-state index is 12.0. The molecule has 0 saturated carbocycles. The number of hydrogen-bond donors (Lipinski definition) is 2. The fourth-order valence-electron chi connectivity index (χ4n) is 2.26. The van der Waals surface area contributed by atoms with Crippen LogP contribution in [0, 0.1) is 6.92 Å². The van der Waals surface area contributed by atoms with Gasteiger partial charge in [0.05, 0.1) is 5.56 Å². The molecule has 0 aliphatic carbocycles. The quantitative estimate of drug-likeness (QED) is 0.688. The van der Waals surface area contributed by atoms with Gasteiger partial charge in [0.15, 0.2) is 12.7 Å². The van der Waals surface area contributed by atoms with Crippen LogP contribution < -0.4 is 15.8 Å². The predicted octanol–water partition coefficient (Wildman–Crippen LogP) is 1.72. The molecule has 0 aliphatic heterocycles. The molecule has 2 rings (SSSR count). The molecule has 0 aromatic heterocycles. The van der Waals surface area contributed by atoms with Crippen LogP contribution in [-0.2, 0) is 20.9 Å². The number of benzene rings is 2. The molecule has 0 heterocycles. The van der Waals surface area contributed by atoms with Gasteiger partial charge in [-0.3, -0.25) is 9.59 Å². The summed E-state index contributed by atoms with van der Waals surface area (Å²) in [6.45, 7) is 3.34. The molecular weight excluding hydrogens is 348 g/mol. The van der Waals surface area contributed by atoms with Crippen molar-refractivity contribution in [3.8, 4) is 5.75 Å². The Morgan fingerprint density at radius 2 is 1.74 bits per heavy atom. The third kappa shape index (κ3) is 6.14.